The molecule has 2 aromatic heterocycles. The van der Waals surface area contributed by atoms with Gasteiger partial charge in [0, 0.05) is 64.0 Å². The molecule has 240 valence electrons. The van der Waals surface area contributed by atoms with Gasteiger partial charge in [0.1, 0.15) is 5.75 Å². The minimum absolute atomic E-state index is 0.00703. The van der Waals surface area contributed by atoms with Crippen LogP contribution in [0.4, 0.5) is 0 Å². The smallest absolute Gasteiger partial charge is 0.330 e. The van der Waals surface area contributed by atoms with Crippen LogP contribution in [-0.4, -0.2) is 80.7 Å². The normalized spacial score (nSPS) is 22.2. The van der Waals surface area contributed by atoms with Crippen molar-refractivity contribution < 1.29 is 9.90 Å². The van der Waals surface area contributed by atoms with Gasteiger partial charge in [-0.05, 0) is 73.7 Å². The van der Waals surface area contributed by atoms with Crippen molar-refractivity contribution in [1.82, 2.24) is 29.2 Å². The Morgan fingerprint density at radius 3 is 2.48 bits per heavy atom. The Hall–Kier alpha value is -3.17. The van der Waals surface area contributed by atoms with Crippen molar-refractivity contribution in [3.05, 3.63) is 58.1 Å². The predicted molar refractivity (Wildman–Crippen MR) is 176 cm³/mol. The van der Waals surface area contributed by atoms with Crippen molar-refractivity contribution in [1.29, 1.82) is 0 Å². The highest BCUT2D eigenvalue weighted by Crippen LogP contribution is 2.49. The number of likely N-dealkylation sites (N-methyl/N-ethyl adjacent to an activating group) is 1. The number of nitrogens with zero attached hydrogens (tertiary/aromatic N) is 5. The number of fused-ring (bicyclic) bond motifs is 1. The number of amides is 1. The van der Waals surface area contributed by atoms with Crippen molar-refractivity contribution in [3.63, 3.8) is 0 Å². The highest BCUT2D eigenvalue weighted by molar-refractivity contribution is 5.96. The maximum absolute atomic E-state index is 13.2. The number of imidazole rings is 1. The molecule has 9 nitrogen and oxygen atoms in total. The van der Waals surface area contributed by atoms with E-state index in [1.807, 2.05) is 11.6 Å². The minimum atomic E-state index is -0.234. The van der Waals surface area contributed by atoms with E-state index in [2.05, 4.69) is 68.9 Å². The summed E-state index contributed by atoms with van der Waals surface area (Å²) in [5.41, 5.74) is 3.17. The van der Waals surface area contributed by atoms with Gasteiger partial charge in [-0.2, -0.15) is 0 Å². The quantitative estimate of drug-likeness (QED) is 0.383. The molecule has 0 radical (unpaired) electrons. The predicted octanol–water partition coefficient (Wildman–Crippen LogP) is 4.83. The number of carbonyl (C=O) groups is 1. The summed E-state index contributed by atoms with van der Waals surface area (Å²) in [5.74, 6) is 0.498. The number of nitrogens with one attached hydrogen (secondary N) is 1. The SMILES string of the molecule is CN1CCN(C(CCNC(=O)c2ccccc2O)C2CC(c3ccc4c(n3)n(C)c(=O)n4CC(C)(C)C)CCC2(C)C)CC1. The summed E-state index contributed by atoms with van der Waals surface area (Å²) in [6.07, 6.45) is 4.03. The van der Waals surface area contributed by atoms with Crippen LogP contribution in [0.15, 0.2) is 41.2 Å². The Morgan fingerprint density at radius 2 is 1.80 bits per heavy atom. The number of benzene rings is 1. The van der Waals surface area contributed by atoms with Crippen LogP contribution >= 0.6 is 0 Å². The van der Waals surface area contributed by atoms with Crippen molar-refractivity contribution in [2.45, 2.75) is 78.8 Å². The fraction of sp³-hybridized carbons (Fsp3) is 0.629. The van der Waals surface area contributed by atoms with Gasteiger partial charge in [-0.3, -0.25) is 18.8 Å². The summed E-state index contributed by atoms with van der Waals surface area (Å²) in [7, 11) is 4.02. The van der Waals surface area contributed by atoms with Gasteiger partial charge in [0.15, 0.2) is 5.65 Å². The molecule has 1 aliphatic carbocycles. The molecule has 44 heavy (non-hydrogen) atoms. The number of aromatic hydroxyl groups is 1. The van der Waals surface area contributed by atoms with Crippen LogP contribution in [0.5, 0.6) is 5.75 Å². The molecule has 1 aromatic carbocycles. The Labute approximate surface area is 262 Å². The van der Waals surface area contributed by atoms with Crippen molar-refractivity contribution in [2.75, 3.05) is 39.8 Å². The van der Waals surface area contributed by atoms with E-state index in [-0.39, 0.29) is 28.2 Å². The molecular weight excluding hydrogens is 552 g/mol. The van der Waals surface area contributed by atoms with Crippen LogP contribution in [0.3, 0.4) is 0 Å². The molecule has 2 N–H and O–H groups in total. The largest absolute Gasteiger partial charge is 0.507 e. The van der Waals surface area contributed by atoms with Crippen LogP contribution in [0.1, 0.15) is 82.3 Å². The van der Waals surface area contributed by atoms with E-state index < -0.39 is 0 Å². The molecule has 0 spiro atoms. The van der Waals surface area contributed by atoms with Crippen molar-refractivity contribution in [2.24, 2.45) is 23.8 Å². The molecule has 1 saturated heterocycles. The third-order valence-corrected chi connectivity index (χ3v) is 10.1. The summed E-state index contributed by atoms with van der Waals surface area (Å²) in [4.78, 5) is 36.3. The number of hydrogen-bond donors (Lipinski definition) is 2. The Morgan fingerprint density at radius 1 is 1.09 bits per heavy atom. The highest BCUT2D eigenvalue weighted by atomic mass is 16.3. The van der Waals surface area contributed by atoms with Crippen molar-refractivity contribution >= 4 is 17.1 Å². The summed E-state index contributed by atoms with van der Waals surface area (Å²) >= 11 is 0. The van der Waals surface area contributed by atoms with E-state index in [9.17, 15) is 14.7 Å². The first-order valence-corrected chi connectivity index (χ1v) is 16.3. The molecule has 9 heteroatoms. The van der Waals surface area contributed by atoms with Crippen LogP contribution in [0.25, 0.3) is 11.2 Å². The molecule has 1 aliphatic heterocycles. The first-order valence-electron chi connectivity index (χ1n) is 16.3. The van der Waals surface area contributed by atoms with E-state index >= 15 is 0 Å². The Bertz CT molecular complexity index is 1530. The van der Waals surface area contributed by atoms with Gasteiger partial charge in [-0.1, -0.05) is 46.8 Å². The molecular formula is C35H52N6O3. The number of piperazine rings is 1. The van der Waals surface area contributed by atoms with Gasteiger partial charge in [0.25, 0.3) is 5.91 Å². The van der Waals surface area contributed by atoms with E-state index in [1.165, 1.54) is 0 Å². The lowest BCUT2D eigenvalue weighted by Crippen LogP contribution is -2.55. The van der Waals surface area contributed by atoms with Crippen LogP contribution in [0.2, 0.25) is 0 Å². The molecule has 0 bridgehead atoms. The Balaban J connectivity index is 1.39. The summed E-state index contributed by atoms with van der Waals surface area (Å²) in [5, 5.41) is 13.3. The lowest BCUT2D eigenvalue weighted by molar-refractivity contribution is 0.00204. The number of aromatic nitrogens is 3. The maximum Gasteiger partial charge on any atom is 0.330 e. The fourth-order valence-electron chi connectivity index (χ4n) is 7.45. The van der Waals surface area contributed by atoms with Crippen LogP contribution in [0, 0.1) is 16.7 Å². The Kier molecular flexibility index (Phi) is 9.29. The number of rotatable bonds is 8. The third kappa shape index (κ3) is 6.89. The second-order valence-corrected chi connectivity index (χ2v) is 15.1. The van der Waals surface area contributed by atoms with Gasteiger partial charge in [-0.25, -0.2) is 9.78 Å². The number of phenols is 1. The molecule has 3 atom stereocenters. The van der Waals surface area contributed by atoms with Crippen LogP contribution in [-0.2, 0) is 13.6 Å². The van der Waals surface area contributed by atoms with Gasteiger partial charge < -0.3 is 15.3 Å². The summed E-state index contributed by atoms with van der Waals surface area (Å²) < 4.78 is 3.57. The first-order chi connectivity index (χ1) is 20.7. The van der Waals surface area contributed by atoms with Crippen molar-refractivity contribution in [3.8, 4) is 5.75 Å². The van der Waals surface area contributed by atoms with E-state index in [0.717, 1.165) is 68.7 Å². The standard InChI is InChI=1S/C35H52N6O3/c1-34(2,3)23-41-29-13-12-27(37-31(29)39(7)33(41)44)24-14-16-35(4,5)26(22-24)28(40-20-18-38(6)19-21-40)15-17-36-32(43)25-10-8-9-11-30(25)42/h8-13,24,26,28,42H,14-23H2,1-7H3,(H,36,43). The average molecular weight is 605 g/mol. The van der Waals surface area contributed by atoms with E-state index in [0.29, 0.717) is 36.5 Å². The molecule has 3 heterocycles. The molecule has 2 fully saturated rings. The second-order valence-electron chi connectivity index (χ2n) is 15.1. The van der Waals surface area contributed by atoms with E-state index in [4.69, 9.17) is 4.98 Å². The molecule has 3 aromatic rings. The molecule has 1 saturated carbocycles. The fourth-order valence-corrected chi connectivity index (χ4v) is 7.45. The number of para-hydroxylation sites is 1. The van der Waals surface area contributed by atoms with Gasteiger partial charge >= 0.3 is 5.69 Å². The summed E-state index contributed by atoms with van der Waals surface area (Å²) in [6.45, 7) is 16.6. The second kappa shape index (κ2) is 12.7. The molecule has 5 rings (SSSR count). The zero-order chi connectivity index (χ0) is 31.8. The molecule has 2 aliphatic rings. The highest BCUT2D eigenvalue weighted by Gasteiger charge is 2.43. The zero-order valence-electron chi connectivity index (χ0n) is 27.8. The topological polar surface area (TPSA) is 95.6 Å². The number of pyridine rings is 1. The monoisotopic (exact) mass is 604 g/mol. The lowest BCUT2D eigenvalue weighted by Gasteiger charge is -2.50. The molecule has 1 amide bonds. The van der Waals surface area contributed by atoms with Gasteiger partial charge in [0.2, 0.25) is 0 Å². The summed E-state index contributed by atoms with van der Waals surface area (Å²) in [6, 6.07) is 11.3. The van der Waals surface area contributed by atoms with Crippen LogP contribution < -0.4 is 11.0 Å². The minimum Gasteiger partial charge on any atom is -0.507 e. The number of phenolic OH excluding ortho intramolecular Hbond substituents is 1. The van der Waals surface area contributed by atoms with Gasteiger partial charge in [0.05, 0.1) is 11.1 Å². The van der Waals surface area contributed by atoms with E-state index in [1.54, 1.807) is 28.8 Å². The number of hydrogen-bond acceptors (Lipinski definition) is 6. The molecule has 3 unspecified atom stereocenters. The number of carbonyl (C=O) groups excluding carboxylic acids is 1. The first kappa shape index (κ1) is 32.2. The van der Waals surface area contributed by atoms with Gasteiger partial charge in [-0.15, -0.1) is 0 Å². The lowest BCUT2D eigenvalue weighted by atomic mass is 9.61. The maximum atomic E-state index is 13.2. The zero-order valence-corrected chi connectivity index (χ0v) is 27.8. The number of aryl methyl sites for hydroxylation is 1. The average Bonchev–Trinajstić information content (AvgIpc) is 3.19. The third-order valence-electron chi connectivity index (χ3n) is 10.1.